The number of hydrogen-bond donors (Lipinski definition) is 1. The van der Waals surface area contributed by atoms with Crippen LogP contribution in [-0.2, 0) is 0 Å². The number of carbonyl (C=O) groups is 2. The molecule has 6 nitrogen and oxygen atoms in total. The van der Waals surface area contributed by atoms with Gasteiger partial charge < -0.3 is 9.47 Å². The molecule has 0 atom stereocenters. The van der Waals surface area contributed by atoms with Crippen LogP contribution in [0.2, 0.25) is 5.02 Å². The Balaban J connectivity index is 1.66. The van der Waals surface area contributed by atoms with E-state index in [0.29, 0.717) is 28.5 Å². The van der Waals surface area contributed by atoms with Crippen LogP contribution < -0.4 is 14.9 Å². The molecule has 0 saturated heterocycles. The SMILES string of the molecule is CCCCOc1ccc(C(=O)N/N=C/c2cc(Br)ccc2OC(=O)c2ccccc2Cl)cc1. The summed E-state index contributed by atoms with van der Waals surface area (Å²) >= 11 is 9.46. The van der Waals surface area contributed by atoms with Crippen molar-refractivity contribution in [2.45, 2.75) is 19.8 Å². The predicted octanol–water partition coefficient (Wildman–Crippen LogP) is 6.26. The van der Waals surface area contributed by atoms with Crippen LogP contribution in [0.1, 0.15) is 46.0 Å². The molecule has 33 heavy (non-hydrogen) atoms. The molecular weight excluding hydrogens is 508 g/mol. The van der Waals surface area contributed by atoms with Gasteiger partial charge >= 0.3 is 5.97 Å². The standard InChI is InChI=1S/C25H22BrClN2O4/c1-2-3-14-32-20-11-8-17(9-12-20)24(30)29-28-16-18-15-19(26)10-13-23(18)33-25(31)21-6-4-5-7-22(21)27/h4-13,15-16H,2-3,14H2,1H3,(H,29,30)/b28-16+. The summed E-state index contributed by atoms with van der Waals surface area (Å²) in [6.45, 7) is 2.74. The number of halogens is 2. The van der Waals surface area contributed by atoms with Gasteiger partial charge in [-0.3, -0.25) is 4.79 Å². The highest BCUT2D eigenvalue weighted by Crippen LogP contribution is 2.24. The molecule has 3 aromatic carbocycles. The molecule has 3 aromatic rings. The van der Waals surface area contributed by atoms with Gasteiger partial charge in [0.2, 0.25) is 0 Å². The molecule has 0 radical (unpaired) electrons. The van der Waals surface area contributed by atoms with E-state index in [2.05, 4.69) is 33.4 Å². The maximum Gasteiger partial charge on any atom is 0.345 e. The van der Waals surface area contributed by atoms with Gasteiger partial charge in [0.1, 0.15) is 11.5 Å². The Labute approximate surface area is 205 Å². The summed E-state index contributed by atoms with van der Waals surface area (Å²) < 4.78 is 11.9. The lowest BCUT2D eigenvalue weighted by Gasteiger charge is -2.09. The van der Waals surface area contributed by atoms with Gasteiger partial charge in [-0.05, 0) is 61.0 Å². The largest absolute Gasteiger partial charge is 0.494 e. The second-order valence-electron chi connectivity index (χ2n) is 6.98. The number of hydrogen-bond acceptors (Lipinski definition) is 5. The minimum absolute atomic E-state index is 0.250. The van der Waals surface area contributed by atoms with E-state index in [1.165, 1.54) is 6.21 Å². The number of rotatable bonds is 9. The molecule has 0 fully saturated rings. The van der Waals surface area contributed by atoms with E-state index >= 15 is 0 Å². The lowest BCUT2D eigenvalue weighted by molar-refractivity contribution is 0.0734. The van der Waals surface area contributed by atoms with Crippen LogP contribution in [0.15, 0.2) is 76.3 Å². The first kappa shape index (κ1) is 24.5. The highest BCUT2D eigenvalue weighted by Gasteiger charge is 2.14. The van der Waals surface area contributed by atoms with Crippen LogP contribution in [0, 0.1) is 0 Å². The first-order valence-corrected chi connectivity index (χ1v) is 11.5. The lowest BCUT2D eigenvalue weighted by Crippen LogP contribution is -2.17. The summed E-state index contributed by atoms with van der Waals surface area (Å²) in [6, 6.07) is 18.5. The highest BCUT2D eigenvalue weighted by atomic mass is 79.9. The molecule has 0 saturated carbocycles. The van der Waals surface area contributed by atoms with Crippen molar-refractivity contribution in [3.8, 4) is 11.5 Å². The summed E-state index contributed by atoms with van der Waals surface area (Å²) in [5.74, 6) is 0.0103. The molecule has 0 aliphatic rings. The third-order valence-corrected chi connectivity index (χ3v) is 5.34. The average Bonchev–Trinajstić information content (AvgIpc) is 2.81. The van der Waals surface area contributed by atoms with Crippen molar-refractivity contribution in [1.29, 1.82) is 0 Å². The fourth-order valence-corrected chi connectivity index (χ4v) is 3.35. The molecule has 0 aromatic heterocycles. The molecule has 0 unspecified atom stereocenters. The zero-order chi connectivity index (χ0) is 23.6. The number of benzene rings is 3. The van der Waals surface area contributed by atoms with Gasteiger partial charge in [0.25, 0.3) is 5.91 Å². The van der Waals surface area contributed by atoms with Gasteiger partial charge in [-0.15, -0.1) is 0 Å². The Bertz CT molecular complexity index is 1150. The van der Waals surface area contributed by atoms with Gasteiger partial charge in [-0.1, -0.05) is 53.0 Å². The van der Waals surface area contributed by atoms with Crippen LogP contribution in [-0.4, -0.2) is 24.7 Å². The number of hydrazone groups is 1. The van der Waals surface area contributed by atoms with Crippen LogP contribution in [0.25, 0.3) is 0 Å². The van der Waals surface area contributed by atoms with Gasteiger partial charge in [0, 0.05) is 15.6 Å². The number of nitrogens with zero attached hydrogens (tertiary/aromatic N) is 1. The smallest absolute Gasteiger partial charge is 0.345 e. The maximum atomic E-state index is 12.5. The normalized spacial score (nSPS) is 10.8. The first-order valence-electron chi connectivity index (χ1n) is 10.3. The Morgan fingerprint density at radius 3 is 2.58 bits per heavy atom. The molecule has 1 N–H and O–H groups in total. The summed E-state index contributed by atoms with van der Waals surface area (Å²) in [5, 5.41) is 4.30. The number of nitrogens with one attached hydrogen (secondary N) is 1. The maximum absolute atomic E-state index is 12.5. The fraction of sp³-hybridized carbons (Fsp3) is 0.160. The van der Waals surface area contributed by atoms with Crippen molar-refractivity contribution < 1.29 is 19.1 Å². The van der Waals surface area contributed by atoms with Gasteiger partial charge in [0.05, 0.1) is 23.4 Å². The Morgan fingerprint density at radius 1 is 1.09 bits per heavy atom. The minimum atomic E-state index is -0.595. The fourth-order valence-electron chi connectivity index (χ4n) is 2.76. The molecule has 0 aliphatic heterocycles. The number of esters is 1. The monoisotopic (exact) mass is 528 g/mol. The Kier molecular flexibility index (Phi) is 9.04. The van der Waals surface area contributed by atoms with Crippen molar-refractivity contribution >= 4 is 45.6 Å². The second-order valence-corrected chi connectivity index (χ2v) is 8.30. The molecular formula is C25H22BrClN2O4. The van der Waals surface area contributed by atoms with Gasteiger partial charge in [-0.2, -0.15) is 5.10 Å². The summed E-state index contributed by atoms with van der Waals surface area (Å²) in [7, 11) is 0. The topological polar surface area (TPSA) is 77.0 Å². The van der Waals surface area contributed by atoms with Crippen molar-refractivity contribution in [2.24, 2.45) is 5.10 Å². The van der Waals surface area contributed by atoms with Crippen molar-refractivity contribution in [3.05, 3.63) is 92.9 Å². The predicted molar refractivity (Wildman–Crippen MR) is 132 cm³/mol. The molecule has 0 bridgehead atoms. The van der Waals surface area contributed by atoms with Crippen molar-refractivity contribution in [3.63, 3.8) is 0 Å². The Morgan fingerprint density at radius 2 is 1.85 bits per heavy atom. The van der Waals surface area contributed by atoms with Crippen LogP contribution in [0.5, 0.6) is 11.5 Å². The van der Waals surface area contributed by atoms with Gasteiger partial charge in [-0.25, -0.2) is 10.2 Å². The van der Waals surface area contributed by atoms with Crippen LogP contribution in [0.4, 0.5) is 0 Å². The number of ether oxygens (including phenoxy) is 2. The molecule has 0 spiro atoms. The van der Waals surface area contributed by atoms with Crippen LogP contribution >= 0.6 is 27.5 Å². The van der Waals surface area contributed by atoms with E-state index in [-0.39, 0.29) is 17.2 Å². The molecule has 8 heteroatoms. The van der Waals surface area contributed by atoms with E-state index in [1.54, 1.807) is 66.7 Å². The lowest BCUT2D eigenvalue weighted by atomic mass is 10.2. The first-order chi connectivity index (χ1) is 16.0. The van der Waals surface area contributed by atoms with Crippen molar-refractivity contribution in [1.82, 2.24) is 5.43 Å². The number of amides is 1. The highest BCUT2D eigenvalue weighted by molar-refractivity contribution is 9.10. The van der Waals surface area contributed by atoms with E-state index in [9.17, 15) is 9.59 Å². The van der Waals surface area contributed by atoms with Gasteiger partial charge in [0.15, 0.2) is 0 Å². The molecule has 1 amide bonds. The third kappa shape index (κ3) is 7.17. The average molecular weight is 530 g/mol. The zero-order valence-electron chi connectivity index (χ0n) is 17.9. The number of carbonyl (C=O) groups excluding carboxylic acids is 2. The zero-order valence-corrected chi connectivity index (χ0v) is 20.2. The second kappa shape index (κ2) is 12.2. The quantitative estimate of drug-likeness (QED) is 0.117. The Hall–Kier alpha value is -3.16. The summed E-state index contributed by atoms with van der Waals surface area (Å²) in [5.41, 5.74) is 3.65. The minimum Gasteiger partial charge on any atom is -0.494 e. The molecule has 0 aliphatic carbocycles. The third-order valence-electron chi connectivity index (χ3n) is 4.52. The summed E-state index contributed by atoms with van der Waals surface area (Å²) in [4.78, 5) is 24.9. The van der Waals surface area contributed by atoms with E-state index in [1.807, 2.05) is 0 Å². The van der Waals surface area contributed by atoms with E-state index in [0.717, 1.165) is 17.3 Å². The number of unbranched alkanes of at least 4 members (excludes halogenated alkanes) is 1. The molecule has 0 heterocycles. The molecule has 3 rings (SSSR count). The summed E-state index contributed by atoms with van der Waals surface area (Å²) in [6.07, 6.45) is 3.43. The van der Waals surface area contributed by atoms with Crippen LogP contribution in [0.3, 0.4) is 0 Å². The molecule has 170 valence electrons. The van der Waals surface area contributed by atoms with Crippen molar-refractivity contribution in [2.75, 3.05) is 6.61 Å². The van der Waals surface area contributed by atoms with E-state index in [4.69, 9.17) is 21.1 Å². The van der Waals surface area contributed by atoms with E-state index < -0.39 is 5.97 Å².